The molecule has 102 valence electrons. The molecule has 4 nitrogen and oxygen atoms in total. The van der Waals surface area contributed by atoms with E-state index in [1.165, 1.54) is 0 Å². The Kier molecular flexibility index (Phi) is 4.45. The van der Waals surface area contributed by atoms with Crippen molar-refractivity contribution in [2.75, 3.05) is 18.5 Å². The Morgan fingerprint density at radius 2 is 2.21 bits per heavy atom. The molecule has 0 radical (unpaired) electrons. The third kappa shape index (κ3) is 3.08. The topological polar surface area (TPSA) is 47.1 Å². The monoisotopic (exact) mass is 278 g/mol. The Morgan fingerprint density at radius 3 is 2.84 bits per heavy atom. The lowest BCUT2D eigenvalue weighted by Crippen LogP contribution is -2.21. The number of rotatable bonds is 5. The fourth-order valence-corrected chi connectivity index (χ4v) is 2.41. The van der Waals surface area contributed by atoms with Crippen LogP contribution >= 0.6 is 11.6 Å². The number of nitrogens with zero attached hydrogens (tertiary/aromatic N) is 3. The molecule has 0 saturated carbocycles. The fourth-order valence-electron chi connectivity index (χ4n) is 2.14. The van der Waals surface area contributed by atoms with Gasteiger partial charge < -0.3 is 15.2 Å². The van der Waals surface area contributed by atoms with Gasteiger partial charge in [0.25, 0.3) is 0 Å². The van der Waals surface area contributed by atoms with E-state index in [9.17, 15) is 0 Å². The van der Waals surface area contributed by atoms with E-state index in [2.05, 4.69) is 16.0 Å². The SMILES string of the molecule is CN(Cc1nccn1C)c1cccc(Cl)c1CCN. The van der Waals surface area contributed by atoms with Crippen LogP contribution in [0, 0.1) is 0 Å². The minimum Gasteiger partial charge on any atom is -0.367 e. The Hall–Kier alpha value is -1.52. The van der Waals surface area contributed by atoms with Crippen LogP contribution in [0.1, 0.15) is 11.4 Å². The Balaban J connectivity index is 2.26. The molecular weight excluding hydrogens is 260 g/mol. The van der Waals surface area contributed by atoms with E-state index in [1.54, 1.807) is 0 Å². The molecular formula is C14H19ClN4. The van der Waals surface area contributed by atoms with Gasteiger partial charge in [0.2, 0.25) is 0 Å². The van der Waals surface area contributed by atoms with Crippen molar-refractivity contribution in [3.8, 4) is 0 Å². The average Bonchev–Trinajstić information content (AvgIpc) is 2.78. The lowest BCUT2D eigenvalue weighted by atomic mass is 10.1. The van der Waals surface area contributed by atoms with E-state index in [0.717, 1.165) is 35.1 Å². The van der Waals surface area contributed by atoms with Gasteiger partial charge in [0.05, 0.1) is 6.54 Å². The van der Waals surface area contributed by atoms with Crippen molar-refractivity contribution in [3.05, 3.63) is 47.0 Å². The Labute approximate surface area is 118 Å². The molecule has 0 saturated heterocycles. The van der Waals surface area contributed by atoms with Crippen LogP contribution in [0.5, 0.6) is 0 Å². The molecule has 1 aromatic heterocycles. The molecule has 1 aromatic carbocycles. The summed E-state index contributed by atoms with van der Waals surface area (Å²) in [5.41, 5.74) is 7.88. The standard InChI is InChI=1S/C14H19ClN4/c1-18-9-8-17-14(18)10-19(2)13-5-3-4-12(15)11(13)6-7-16/h3-5,8-9H,6-7,10,16H2,1-2H3. The van der Waals surface area contributed by atoms with E-state index >= 15 is 0 Å². The zero-order valence-corrected chi connectivity index (χ0v) is 12.1. The molecule has 5 heteroatoms. The number of benzene rings is 1. The van der Waals surface area contributed by atoms with Gasteiger partial charge in [0.15, 0.2) is 0 Å². The van der Waals surface area contributed by atoms with Crippen LogP contribution in [0.2, 0.25) is 5.02 Å². The molecule has 1 heterocycles. The summed E-state index contributed by atoms with van der Waals surface area (Å²) in [7, 11) is 4.04. The summed E-state index contributed by atoms with van der Waals surface area (Å²) in [6, 6.07) is 5.94. The molecule has 0 fully saturated rings. The predicted molar refractivity (Wildman–Crippen MR) is 79.5 cm³/mol. The highest BCUT2D eigenvalue weighted by Gasteiger charge is 2.12. The minimum absolute atomic E-state index is 0.590. The summed E-state index contributed by atoms with van der Waals surface area (Å²) >= 11 is 6.26. The molecule has 2 N–H and O–H groups in total. The van der Waals surface area contributed by atoms with E-state index in [4.69, 9.17) is 17.3 Å². The number of anilines is 1. The lowest BCUT2D eigenvalue weighted by Gasteiger charge is -2.23. The van der Waals surface area contributed by atoms with Gasteiger partial charge in [-0.1, -0.05) is 17.7 Å². The number of aryl methyl sites for hydroxylation is 1. The quantitative estimate of drug-likeness (QED) is 0.912. The first-order valence-corrected chi connectivity index (χ1v) is 6.66. The van der Waals surface area contributed by atoms with Crippen molar-refractivity contribution in [1.29, 1.82) is 0 Å². The van der Waals surface area contributed by atoms with Crippen LogP contribution in [-0.2, 0) is 20.0 Å². The maximum atomic E-state index is 6.26. The maximum absolute atomic E-state index is 6.26. The van der Waals surface area contributed by atoms with Gasteiger partial charge >= 0.3 is 0 Å². The van der Waals surface area contributed by atoms with Crippen molar-refractivity contribution < 1.29 is 0 Å². The second-order valence-corrected chi connectivity index (χ2v) is 4.99. The third-order valence-electron chi connectivity index (χ3n) is 3.20. The number of halogens is 1. The van der Waals surface area contributed by atoms with Crippen LogP contribution < -0.4 is 10.6 Å². The molecule has 0 atom stereocenters. The first-order chi connectivity index (χ1) is 9.13. The van der Waals surface area contributed by atoms with Gasteiger partial charge in [-0.3, -0.25) is 0 Å². The van der Waals surface area contributed by atoms with Crippen LogP contribution in [0.3, 0.4) is 0 Å². The molecule has 2 rings (SSSR count). The van der Waals surface area contributed by atoms with E-state index < -0.39 is 0 Å². The second-order valence-electron chi connectivity index (χ2n) is 4.59. The molecule has 0 bridgehead atoms. The summed E-state index contributed by atoms with van der Waals surface area (Å²) < 4.78 is 2.02. The molecule has 0 amide bonds. The zero-order valence-electron chi connectivity index (χ0n) is 11.3. The summed E-state index contributed by atoms with van der Waals surface area (Å²) in [5.74, 6) is 1.01. The molecule has 0 spiro atoms. The van der Waals surface area contributed by atoms with Crippen molar-refractivity contribution >= 4 is 17.3 Å². The number of nitrogens with two attached hydrogens (primary N) is 1. The van der Waals surface area contributed by atoms with Crippen molar-refractivity contribution in [2.45, 2.75) is 13.0 Å². The van der Waals surface area contributed by atoms with Crippen molar-refractivity contribution in [2.24, 2.45) is 12.8 Å². The predicted octanol–water partition coefficient (Wildman–Crippen LogP) is 2.21. The van der Waals surface area contributed by atoms with Gasteiger partial charge in [-0.15, -0.1) is 0 Å². The van der Waals surface area contributed by atoms with E-state index in [-0.39, 0.29) is 0 Å². The zero-order chi connectivity index (χ0) is 13.8. The van der Waals surface area contributed by atoms with Crippen LogP contribution in [0.25, 0.3) is 0 Å². The minimum atomic E-state index is 0.590. The first kappa shape index (κ1) is 13.9. The maximum Gasteiger partial charge on any atom is 0.127 e. The summed E-state index contributed by atoms with van der Waals surface area (Å²) in [4.78, 5) is 6.49. The van der Waals surface area contributed by atoms with E-state index in [0.29, 0.717) is 6.54 Å². The van der Waals surface area contributed by atoms with Crippen LogP contribution in [-0.4, -0.2) is 23.1 Å². The first-order valence-electron chi connectivity index (χ1n) is 6.28. The second kappa shape index (κ2) is 6.08. The Morgan fingerprint density at radius 1 is 1.42 bits per heavy atom. The number of imidazole rings is 1. The Bertz CT molecular complexity index is 550. The average molecular weight is 279 g/mol. The summed E-state index contributed by atoms with van der Waals surface area (Å²) in [5, 5.41) is 0.773. The van der Waals surface area contributed by atoms with Crippen LogP contribution in [0.15, 0.2) is 30.6 Å². The molecule has 19 heavy (non-hydrogen) atoms. The summed E-state index contributed by atoms with van der Waals surface area (Å²) in [6.45, 7) is 1.33. The highest BCUT2D eigenvalue weighted by molar-refractivity contribution is 6.31. The molecule has 0 aliphatic carbocycles. The van der Waals surface area contributed by atoms with Crippen LogP contribution in [0.4, 0.5) is 5.69 Å². The van der Waals surface area contributed by atoms with Gasteiger partial charge in [0.1, 0.15) is 5.82 Å². The summed E-state index contributed by atoms with van der Waals surface area (Å²) in [6.07, 6.45) is 4.53. The molecule has 2 aromatic rings. The van der Waals surface area contributed by atoms with Gasteiger partial charge in [-0.25, -0.2) is 4.98 Å². The van der Waals surface area contributed by atoms with Crippen molar-refractivity contribution in [1.82, 2.24) is 9.55 Å². The van der Waals surface area contributed by atoms with Gasteiger partial charge in [-0.05, 0) is 30.7 Å². The largest absolute Gasteiger partial charge is 0.367 e. The normalized spacial score (nSPS) is 10.7. The van der Waals surface area contributed by atoms with Crippen molar-refractivity contribution in [3.63, 3.8) is 0 Å². The third-order valence-corrected chi connectivity index (χ3v) is 3.55. The van der Waals surface area contributed by atoms with E-state index in [1.807, 2.05) is 43.2 Å². The molecule has 0 aliphatic heterocycles. The number of aromatic nitrogens is 2. The molecule has 0 aliphatic rings. The fraction of sp³-hybridized carbons (Fsp3) is 0.357. The lowest BCUT2D eigenvalue weighted by molar-refractivity contribution is 0.758. The van der Waals surface area contributed by atoms with Gasteiger partial charge in [-0.2, -0.15) is 0 Å². The molecule has 0 unspecified atom stereocenters. The van der Waals surface area contributed by atoms with Gasteiger partial charge in [0, 0.05) is 37.2 Å². The number of hydrogen-bond donors (Lipinski definition) is 1. The number of hydrogen-bond acceptors (Lipinski definition) is 3. The highest BCUT2D eigenvalue weighted by Crippen LogP contribution is 2.27. The highest BCUT2D eigenvalue weighted by atomic mass is 35.5. The smallest absolute Gasteiger partial charge is 0.127 e.